The molecule has 1 heterocycles. The van der Waals surface area contributed by atoms with E-state index in [0.29, 0.717) is 12.3 Å². The predicted molar refractivity (Wildman–Crippen MR) is 66.1 cm³/mol. The smallest absolute Gasteiger partial charge is 0.194 e. The third-order valence-corrected chi connectivity index (χ3v) is 2.62. The molecule has 0 bridgehead atoms. The SMILES string of the molecule is Cc1cc[n+](C/C(=N/O)c2ccccc2)cc1. The molecule has 0 unspecified atom stereocenters. The number of rotatable bonds is 3. The van der Waals surface area contributed by atoms with E-state index in [9.17, 15) is 0 Å². The van der Waals surface area contributed by atoms with Crippen LogP contribution in [0.15, 0.2) is 60.0 Å². The highest BCUT2D eigenvalue weighted by Crippen LogP contribution is 2.01. The van der Waals surface area contributed by atoms with E-state index in [2.05, 4.69) is 5.16 Å². The van der Waals surface area contributed by atoms with Gasteiger partial charge < -0.3 is 5.21 Å². The number of hydrogen-bond donors (Lipinski definition) is 1. The van der Waals surface area contributed by atoms with Gasteiger partial charge in [0.2, 0.25) is 0 Å². The van der Waals surface area contributed by atoms with Crippen LogP contribution in [0.4, 0.5) is 0 Å². The second-order valence-electron chi connectivity index (χ2n) is 3.96. The van der Waals surface area contributed by atoms with Crippen molar-refractivity contribution in [2.45, 2.75) is 13.5 Å². The number of pyridine rings is 1. The first-order valence-electron chi connectivity index (χ1n) is 5.51. The predicted octanol–water partition coefficient (Wildman–Crippen LogP) is 2.16. The lowest BCUT2D eigenvalue weighted by atomic mass is 10.1. The zero-order valence-electron chi connectivity index (χ0n) is 9.74. The average molecular weight is 227 g/mol. The van der Waals surface area contributed by atoms with E-state index < -0.39 is 0 Å². The van der Waals surface area contributed by atoms with E-state index in [0.717, 1.165) is 5.56 Å². The van der Waals surface area contributed by atoms with Gasteiger partial charge in [-0.3, -0.25) is 0 Å². The van der Waals surface area contributed by atoms with Gasteiger partial charge in [-0.2, -0.15) is 4.57 Å². The number of hydrogen-bond acceptors (Lipinski definition) is 2. The molecule has 0 aliphatic carbocycles. The third-order valence-electron chi connectivity index (χ3n) is 2.62. The Kier molecular flexibility index (Phi) is 3.50. The van der Waals surface area contributed by atoms with Crippen molar-refractivity contribution in [2.75, 3.05) is 0 Å². The number of benzene rings is 1. The van der Waals surface area contributed by atoms with Crippen molar-refractivity contribution in [2.24, 2.45) is 5.16 Å². The second-order valence-corrected chi connectivity index (χ2v) is 3.96. The standard InChI is InChI=1S/C14H14N2O/c1-12-7-9-16(10-8-12)11-14(15-17)13-5-3-2-4-6-13/h2-10H,11H2,1H3/p+1/b15-14-. The van der Waals surface area contributed by atoms with Gasteiger partial charge in [-0.1, -0.05) is 35.5 Å². The van der Waals surface area contributed by atoms with Crippen molar-refractivity contribution in [3.63, 3.8) is 0 Å². The molecule has 0 radical (unpaired) electrons. The Morgan fingerprint density at radius 1 is 1.12 bits per heavy atom. The monoisotopic (exact) mass is 227 g/mol. The molecule has 0 atom stereocenters. The molecular weight excluding hydrogens is 212 g/mol. The van der Waals surface area contributed by atoms with Crippen LogP contribution < -0.4 is 4.57 Å². The van der Waals surface area contributed by atoms with Crippen LogP contribution in [0.2, 0.25) is 0 Å². The lowest BCUT2D eigenvalue weighted by molar-refractivity contribution is -0.682. The van der Waals surface area contributed by atoms with Gasteiger partial charge in [0.25, 0.3) is 0 Å². The maximum Gasteiger partial charge on any atom is 0.194 e. The van der Waals surface area contributed by atoms with Gasteiger partial charge in [0.1, 0.15) is 0 Å². The normalized spacial score (nSPS) is 11.5. The van der Waals surface area contributed by atoms with Crippen LogP contribution >= 0.6 is 0 Å². The molecule has 0 spiro atoms. The van der Waals surface area contributed by atoms with Gasteiger partial charge in [-0.25, -0.2) is 0 Å². The first-order valence-corrected chi connectivity index (χ1v) is 5.51. The first kappa shape index (κ1) is 11.3. The van der Waals surface area contributed by atoms with E-state index >= 15 is 0 Å². The van der Waals surface area contributed by atoms with E-state index in [1.807, 2.05) is 66.3 Å². The van der Waals surface area contributed by atoms with Gasteiger partial charge in [-0.15, -0.1) is 0 Å². The molecule has 0 saturated heterocycles. The van der Waals surface area contributed by atoms with E-state index in [1.165, 1.54) is 5.56 Å². The molecule has 3 heteroatoms. The largest absolute Gasteiger partial charge is 0.410 e. The van der Waals surface area contributed by atoms with Crippen LogP contribution in [0.1, 0.15) is 11.1 Å². The Hall–Kier alpha value is -2.16. The number of aromatic nitrogens is 1. The fourth-order valence-corrected chi connectivity index (χ4v) is 1.62. The van der Waals surface area contributed by atoms with Crippen molar-refractivity contribution in [1.29, 1.82) is 0 Å². The zero-order valence-corrected chi connectivity index (χ0v) is 9.74. The lowest BCUT2D eigenvalue weighted by Crippen LogP contribution is -2.37. The highest BCUT2D eigenvalue weighted by Gasteiger charge is 2.09. The maximum atomic E-state index is 9.07. The Morgan fingerprint density at radius 3 is 2.35 bits per heavy atom. The highest BCUT2D eigenvalue weighted by atomic mass is 16.4. The van der Waals surface area contributed by atoms with Crippen LogP contribution in [0.3, 0.4) is 0 Å². The fourth-order valence-electron chi connectivity index (χ4n) is 1.62. The van der Waals surface area contributed by atoms with Crippen LogP contribution in [0.5, 0.6) is 0 Å². The molecule has 1 aromatic carbocycles. The summed E-state index contributed by atoms with van der Waals surface area (Å²) in [5.41, 5.74) is 2.80. The van der Waals surface area contributed by atoms with Crippen LogP contribution in [-0.4, -0.2) is 10.9 Å². The summed E-state index contributed by atoms with van der Waals surface area (Å²) in [5, 5.41) is 12.4. The molecule has 3 nitrogen and oxygen atoms in total. The van der Waals surface area contributed by atoms with Crippen molar-refractivity contribution in [3.8, 4) is 0 Å². The summed E-state index contributed by atoms with van der Waals surface area (Å²) in [5.74, 6) is 0. The molecule has 0 amide bonds. The van der Waals surface area contributed by atoms with Crippen molar-refractivity contribution >= 4 is 5.71 Å². The van der Waals surface area contributed by atoms with Gasteiger partial charge in [0.05, 0.1) is 0 Å². The number of nitrogens with zero attached hydrogens (tertiary/aromatic N) is 2. The number of oxime groups is 1. The fraction of sp³-hybridized carbons (Fsp3) is 0.143. The minimum atomic E-state index is 0.556. The third kappa shape index (κ3) is 2.91. The Labute approximate surface area is 101 Å². The Balaban J connectivity index is 2.19. The summed E-state index contributed by atoms with van der Waals surface area (Å²) in [7, 11) is 0. The topological polar surface area (TPSA) is 36.5 Å². The van der Waals surface area contributed by atoms with E-state index in [-0.39, 0.29) is 0 Å². The van der Waals surface area contributed by atoms with Crippen molar-refractivity contribution < 1.29 is 9.77 Å². The molecule has 2 aromatic rings. The Bertz CT molecular complexity index is 504. The maximum absolute atomic E-state index is 9.07. The average Bonchev–Trinajstić information content (AvgIpc) is 2.39. The molecular formula is C14H15N2O+. The molecule has 86 valence electrons. The summed E-state index contributed by atoms with van der Waals surface area (Å²) in [6, 6.07) is 13.7. The molecule has 0 aliphatic rings. The van der Waals surface area contributed by atoms with Crippen molar-refractivity contribution in [3.05, 3.63) is 66.0 Å². The minimum absolute atomic E-state index is 0.556. The molecule has 0 aliphatic heterocycles. The Morgan fingerprint density at radius 2 is 1.76 bits per heavy atom. The van der Waals surface area contributed by atoms with Gasteiger partial charge in [0.15, 0.2) is 24.7 Å². The summed E-state index contributed by atoms with van der Waals surface area (Å²) < 4.78 is 1.98. The molecule has 17 heavy (non-hydrogen) atoms. The van der Waals surface area contributed by atoms with E-state index in [1.54, 1.807) is 0 Å². The second kappa shape index (κ2) is 5.25. The summed E-state index contributed by atoms with van der Waals surface area (Å²) in [6.07, 6.45) is 3.95. The molecule has 0 saturated carbocycles. The van der Waals surface area contributed by atoms with Crippen molar-refractivity contribution in [1.82, 2.24) is 0 Å². The number of aryl methyl sites for hydroxylation is 1. The quantitative estimate of drug-likeness (QED) is 0.371. The molecule has 2 rings (SSSR count). The zero-order chi connectivity index (χ0) is 12.1. The molecule has 1 aromatic heterocycles. The summed E-state index contributed by atoms with van der Waals surface area (Å²) >= 11 is 0. The van der Waals surface area contributed by atoms with Crippen LogP contribution in [0.25, 0.3) is 0 Å². The minimum Gasteiger partial charge on any atom is -0.410 e. The molecule has 1 N–H and O–H groups in total. The van der Waals surface area contributed by atoms with Gasteiger partial charge >= 0.3 is 0 Å². The summed E-state index contributed by atoms with van der Waals surface area (Å²) in [6.45, 7) is 2.60. The first-order chi connectivity index (χ1) is 8.29. The van der Waals surface area contributed by atoms with E-state index in [4.69, 9.17) is 5.21 Å². The van der Waals surface area contributed by atoms with Crippen LogP contribution in [0, 0.1) is 6.92 Å². The summed E-state index contributed by atoms with van der Waals surface area (Å²) in [4.78, 5) is 0. The van der Waals surface area contributed by atoms with Gasteiger partial charge in [-0.05, 0) is 12.5 Å². The lowest BCUT2D eigenvalue weighted by Gasteiger charge is -2.01. The highest BCUT2D eigenvalue weighted by molar-refractivity contribution is 5.99. The van der Waals surface area contributed by atoms with Crippen LogP contribution in [-0.2, 0) is 6.54 Å². The molecule has 0 fully saturated rings. The van der Waals surface area contributed by atoms with Gasteiger partial charge in [0, 0.05) is 17.7 Å².